The van der Waals surface area contributed by atoms with Crippen LogP contribution in [-0.4, -0.2) is 53.9 Å². The van der Waals surface area contributed by atoms with Crippen molar-refractivity contribution in [2.24, 2.45) is 4.99 Å². The van der Waals surface area contributed by atoms with Gasteiger partial charge in [0.2, 0.25) is 5.91 Å². The number of aliphatic imine (C=N–C) groups is 1. The lowest BCUT2D eigenvalue weighted by atomic mass is 10.0. The van der Waals surface area contributed by atoms with E-state index in [0.717, 1.165) is 45.9 Å². The number of carbonyl (C=O) groups is 2. The van der Waals surface area contributed by atoms with Gasteiger partial charge in [-0.25, -0.2) is 0 Å². The summed E-state index contributed by atoms with van der Waals surface area (Å²) in [6.07, 6.45) is 43.4. The monoisotopic (exact) mass is 678 g/mol. The number of unbranched alkanes of at least 4 members (excludes halogenated alkanes) is 28. The van der Waals surface area contributed by atoms with E-state index in [1.54, 1.807) is 0 Å². The third-order valence-electron chi connectivity index (χ3n) is 9.74. The molecule has 0 bridgehead atoms. The average molecular weight is 678 g/mol. The first-order valence-corrected chi connectivity index (χ1v) is 21.3. The standard InChI is InChI=1S/C40H79N3O.C2H4O2/c1-3-5-7-9-11-13-15-17-19-21-23-25-27-29-31-33-39-41-35-37-43(39)38-36-42-40(44)34-32-30-28-26-24-22-20-18-16-14-12-10-8-6-4-2;1-2(3)4/h3-38H2,1-2H3,(H,42,44);1H3,(H,3,4). The van der Waals surface area contributed by atoms with Gasteiger partial charge in [-0.1, -0.05) is 194 Å². The van der Waals surface area contributed by atoms with Crippen LogP contribution in [0.5, 0.6) is 0 Å². The normalized spacial score (nSPS) is 12.6. The van der Waals surface area contributed by atoms with Gasteiger partial charge in [-0.05, 0) is 12.8 Å². The Balaban J connectivity index is 0.00000520. The molecule has 0 atom stereocenters. The molecular weight excluding hydrogens is 594 g/mol. The quantitative estimate of drug-likeness (QED) is 0.0654. The third kappa shape index (κ3) is 35.7. The molecule has 0 aliphatic carbocycles. The lowest BCUT2D eigenvalue weighted by molar-refractivity contribution is -0.134. The smallest absolute Gasteiger partial charge is 0.300 e. The second-order valence-corrected chi connectivity index (χ2v) is 14.6. The number of carboxylic acid groups (broad SMARTS) is 1. The zero-order chi connectivity index (χ0) is 35.2. The topological polar surface area (TPSA) is 82.0 Å². The minimum absolute atomic E-state index is 0.236. The third-order valence-corrected chi connectivity index (χ3v) is 9.74. The van der Waals surface area contributed by atoms with Gasteiger partial charge in [-0.15, -0.1) is 0 Å². The number of aliphatic carboxylic acids is 1. The molecule has 0 aromatic carbocycles. The number of carboxylic acids is 1. The van der Waals surface area contributed by atoms with Crippen molar-refractivity contribution >= 4 is 17.7 Å². The fourth-order valence-corrected chi connectivity index (χ4v) is 6.74. The molecule has 48 heavy (non-hydrogen) atoms. The molecule has 1 heterocycles. The van der Waals surface area contributed by atoms with Gasteiger partial charge < -0.3 is 15.3 Å². The van der Waals surface area contributed by atoms with Crippen LogP contribution in [0.25, 0.3) is 0 Å². The number of hydrogen-bond acceptors (Lipinski definition) is 4. The molecule has 0 radical (unpaired) electrons. The van der Waals surface area contributed by atoms with E-state index in [2.05, 4.69) is 24.1 Å². The van der Waals surface area contributed by atoms with Gasteiger partial charge in [0.05, 0.1) is 12.4 Å². The number of nitrogens with zero attached hydrogens (tertiary/aromatic N) is 2. The Bertz CT molecular complexity index is 723. The van der Waals surface area contributed by atoms with E-state index >= 15 is 0 Å². The van der Waals surface area contributed by atoms with Crippen molar-refractivity contribution in [3.63, 3.8) is 0 Å². The first-order valence-electron chi connectivity index (χ1n) is 21.3. The highest BCUT2D eigenvalue weighted by molar-refractivity contribution is 5.83. The first kappa shape index (κ1) is 46.4. The van der Waals surface area contributed by atoms with E-state index in [-0.39, 0.29) is 5.91 Å². The molecule has 0 saturated carbocycles. The van der Waals surface area contributed by atoms with E-state index in [0.29, 0.717) is 6.42 Å². The first-order chi connectivity index (χ1) is 23.5. The van der Waals surface area contributed by atoms with Gasteiger partial charge >= 0.3 is 0 Å². The second-order valence-electron chi connectivity index (χ2n) is 14.6. The maximum atomic E-state index is 12.3. The van der Waals surface area contributed by atoms with E-state index < -0.39 is 5.97 Å². The molecule has 0 saturated heterocycles. The highest BCUT2D eigenvalue weighted by Gasteiger charge is 2.16. The lowest BCUT2D eigenvalue weighted by Crippen LogP contribution is -2.36. The molecule has 6 nitrogen and oxygen atoms in total. The van der Waals surface area contributed by atoms with Crippen LogP contribution < -0.4 is 5.32 Å². The summed E-state index contributed by atoms with van der Waals surface area (Å²) >= 11 is 0. The molecule has 1 aliphatic heterocycles. The predicted molar refractivity (Wildman–Crippen MR) is 209 cm³/mol. The van der Waals surface area contributed by atoms with Crippen molar-refractivity contribution in [1.29, 1.82) is 0 Å². The molecule has 284 valence electrons. The van der Waals surface area contributed by atoms with E-state index in [9.17, 15) is 4.79 Å². The SMILES string of the molecule is CC(=O)O.CCCCCCCCCCCCCCCCCC(=O)NCCN1CCN=C1CCCCCCCCCCCCCCCCC. The van der Waals surface area contributed by atoms with Crippen molar-refractivity contribution in [2.75, 3.05) is 26.2 Å². The molecule has 0 unspecified atom stereocenters. The van der Waals surface area contributed by atoms with Crippen LogP contribution in [0.2, 0.25) is 0 Å². The molecule has 2 N–H and O–H groups in total. The minimum Gasteiger partial charge on any atom is -0.481 e. The Morgan fingerprint density at radius 3 is 1.29 bits per heavy atom. The van der Waals surface area contributed by atoms with Crippen LogP contribution in [0.1, 0.15) is 226 Å². The average Bonchev–Trinajstić information content (AvgIpc) is 3.51. The highest BCUT2D eigenvalue weighted by atomic mass is 16.4. The summed E-state index contributed by atoms with van der Waals surface area (Å²) in [5.41, 5.74) is 0. The molecule has 0 spiro atoms. The van der Waals surface area contributed by atoms with Crippen molar-refractivity contribution in [2.45, 2.75) is 226 Å². The summed E-state index contributed by atoms with van der Waals surface area (Å²) in [5, 5.41) is 10.6. The summed E-state index contributed by atoms with van der Waals surface area (Å²) < 4.78 is 0. The van der Waals surface area contributed by atoms with Crippen LogP contribution in [0.15, 0.2) is 4.99 Å². The zero-order valence-electron chi connectivity index (χ0n) is 32.6. The van der Waals surface area contributed by atoms with Crippen molar-refractivity contribution in [3.05, 3.63) is 0 Å². The van der Waals surface area contributed by atoms with Gasteiger partial charge in [-0.3, -0.25) is 14.6 Å². The Kier molecular flexibility index (Phi) is 36.9. The molecule has 1 aliphatic rings. The largest absolute Gasteiger partial charge is 0.481 e. The molecule has 6 heteroatoms. The fourth-order valence-electron chi connectivity index (χ4n) is 6.74. The number of hydrogen-bond donors (Lipinski definition) is 2. The summed E-state index contributed by atoms with van der Waals surface area (Å²) in [7, 11) is 0. The number of carbonyl (C=O) groups excluding carboxylic acids is 1. The van der Waals surface area contributed by atoms with E-state index in [4.69, 9.17) is 14.9 Å². The Hall–Kier alpha value is -1.59. The highest BCUT2D eigenvalue weighted by Crippen LogP contribution is 2.16. The Morgan fingerprint density at radius 1 is 0.583 bits per heavy atom. The van der Waals surface area contributed by atoms with E-state index in [1.165, 1.54) is 192 Å². The zero-order valence-corrected chi connectivity index (χ0v) is 32.6. The number of amides is 1. The molecule has 0 aromatic rings. The maximum Gasteiger partial charge on any atom is 0.300 e. The minimum atomic E-state index is -0.833. The summed E-state index contributed by atoms with van der Waals surface area (Å²) in [4.78, 5) is 28.5. The van der Waals surface area contributed by atoms with Gasteiger partial charge in [-0.2, -0.15) is 0 Å². The Labute approximate surface area is 299 Å². The van der Waals surface area contributed by atoms with Gasteiger partial charge in [0.15, 0.2) is 0 Å². The number of amidine groups is 1. The van der Waals surface area contributed by atoms with E-state index in [1.807, 2.05) is 0 Å². The van der Waals surface area contributed by atoms with Crippen LogP contribution in [0.4, 0.5) is 0 Å². The Morgan fingerprint density at radius 2 is 0.917 bits per heavy atom. The van der Waals surface area contributed by atoms with Gasteiger partial charge in [0.1, 0.15) is 0 Å². The molecular formula is C42H83N3O3. The van der Waals surface area contributed by atoms with Crippen molar-refractivity contribution in [3.8, 4) is 0 Å². The summed E-state index contributed by atoms with van der Waals surface area (Å²) in [6.45, 7) is 9.31. The summed E-state index contributed by atoms with van der Waals surface area (Å²) in [6, 6.07) is 0. The fraction of sp³-hybridized carbons (Fsp3) is 0.929. The van der Waals surface area contributed by atoms with Crippen LogP contribution >= 0.6 is 0 Å². The van der Waals surface area contributed by atoms with Gasteiger partial charge in [0.25, 0.3) is 5.97 Å². The summed E-state index contributed by atoms with van der Waals surface area (Å²) in [5.74, 6) is 0.691. The second kappa shape index (κ2) is 38.2. The number of nitrogens with one attached hydrogen (secondary N) is 1. The van der Waals surface area contributed by atoms with Crippen molar-refractivity contribution in [1.82, 2.24) is 10.2 Å². The van der Waals surface area contributed by atoms with Gasteiger partial charge in [0, 0.05) is 39.4 Å². The molecule has 0 fully saturated rings. The maximum absolute atomic E-state index is 12.3. The molecule has 0 aromatic heterocycles. The lowest BCUT2D eigenvalue weighted by Gasteiger charge is -2.20. The van der Waals surface area contributed by atoms with Crippen LogP contribution in [0, 0.1) is 0 Å². The van der Waals surface area contributed by atoms with Crippen molar-refractivity contribution < 1.29 is 14.7 Å². The van der Waals surface area contributed by atoms with Crippen LogP contribution in [0.3, 0.4) is 0 Å². The number of rotatable bonds is 35. The predicted octanol–water partition coefficient (Wildman–Crippen LogP) is 12.4. The molecule has 1 rings (SSSR count). The van der Waals surface area contributed by atoms with Crippen LogP contribution in [-0.2, 0) is 9.59 Å². The molecule has 1 amide bonds.